The summed E-state index contributed by atoms with van der Waals surface area (Å²) in [5.41, 5.74) is 1.19. The van der Waals surface area contributed by atoms with Crippen LogP contribution in [0.25, 0.3) is 11.4 Å². The van der Waals surface area contributed by atoms with Crippen LogP contribution in [0.4, 0.5) is 4.39 Å². The summed E-state index contributed by atoms with van der Waals surface area (Å²) in [6.07, 6.45) is 0.870. The Kier molecular flexibility index (Phi) is 9.75. The second-order valence-corrected chi connectivity index (χ2v) is 11.2. The first-order valence-corrected chi connectivity index (χ1v) is 14.3. The van der Waals surface area contributed by atoms with E-state index in [9.17, 15) is 18.8 Å². The van der Waals surface area contributed by atoms with E-state index in [4.69, 9.17) is 21.7 Å². The quantitative estimate of drug-likeness (QED) is 0.464. The van der Waals surface area contributed by atoms with E-state index in [1.54, 1.807) is 18.5 Å². The van der Waals surface area contributed by atoms with E-state index in [0.717, 1.165) is 5.56 Å². The van der Waals surface area contributed by atoms with Gasteiger partial charge in [-0.1, -0.05) is 61.8 Å². The number of fused-ring (bicyclic) bond motifs is 1. The highest BCUT2D eigenvalue weighted by Gasteiger charge is 2.28. The normalized spacial score (nSPS) is 18.9. The molecule has 4 rings (SSSR count). The number of amides is 3. The molecule has 2 aromatic carbocycles. The summed E-state index contributed by atoms with van der Waals surface area (Å²) in [4.78, 5) is 46.0. The zero-order chi connectivity index (χ0) is 29.7. The number of halogens is 2. The third-order valence-corrected chi connectivity index (χ3v) is 7.52. The fourth-order valence-electron chi connectivity index (χ4n) is 4.87. The van der Waals surface area contributed by atoms with Gasteiger partial charge in [-0.15, -0.1) is 0 Å². The molecule has 2 atom stereocenters. The van der Waals surface area contributed by atoms with E-state index in [-0.39, 0.29) is 54.4 Å². The van der Waals surface area contributed by atoms with Crippen LogP contribution in [0.1, 0.15) is 67.8 Å². The maximum atomic E-state index is 14.8. The van der Waals surface area contributed by atoms with Gasteiger partial charge >= 0.3 is 0 Å². The number of carbonyl (C=O) groups is 3. The Balaban J connectivity index is 1.72. The predicted octanol–water partition coefficient (Wildman–Crippen LogP) is 4.69. The third kappa shape index (κ3) is 7.30. The van der Waals surface area contributed by atoms with E-state index in [2.05, 4.69) is 10.6 Å². The second kappa shape index (κ2) is 13.2. The Hall–Kier alpha value is -3.79. The molecule has 11 heteroatoms. The maximum Gasteiger partial charge on any atom is 0.258 e. The van der Waals surface area contributed by atoms with Crippen LogP contribution in [-0.2, 0) is 16.1 Å². The molecule has 218 valence electrons. The number of aromatic nitrogens is 3. The number of rotatable bonds is 4. The van der Waals surface area contributed by atoms with Gasteiger partial charge in [-0.2, -0.15) is 5.10 Å². The van der Waals surface area contributed by atoms with Crippen molar-refractivity contribution in [3.05, 3.63) is 70.3 Å². The molecule has 2 N–H and O–H groups in total. The molecular weight excluding hydrogens is 547 g/mol. The molecule has 1 aromatic heterocycles. The first-order chi connectivity index (χ1) is 19.5. The van der Waals surface area contributed by atoms with Gasteiger partial charge in [0.15, 0.2) is 5.82 Å². The Labute approximate surface area is 244 Å². The van der Waals surface area contributed by atoms with Crippen LogP contribution in [0.3, 0.4) is 0 Å². The van der Waals surface area contributed by atoms with Crippen LogP contribution in [0.2, 0.25) is 5.02 Å². The van der Waals surface area contributed by atoms with Crippen LogP contribution in [0.5, 0.6) is 0 Å². The van der Waals surface area contributed by atoms with Gasteiger partial charge in [0.05, 0.1) is 23.2 Å². The maximum absolute atomic E-state index is 14.8. The second-order valence-electron chi connectivity index (χ2n) is 10.8. The average Bonchev–Trinajstić information content (AvgIpc) is 3.36. The standard InChI is InChI=1S/C30H36ClFN6O3/c1-18(2)17-23-29(40)33-20(4)28-35-27(21-9-6-5-7-10-21)36-38(28)16-15-37(14-8-11-24(39)34-23)30(41)25-22(32)13-12-19(3)26(25)31/h5-7,9-10,12-13,18,20,23H,8,11,14-17H2,1-4H3,(H,33,40)(H,34,39)/t20-,23-/m1/s1. The fourth-order valence-corrected chi connectivity index (χ4v) is 5.10. The lowest BCUT2D eigenvalue weighted by Gasteiger charge is -2.26. The van der Waals surface area contributed by atoms with Gasteiger partial charge in [0.1, 0.15) is 17.7 Å². The molecule has 0 bridgehead atoms. The van der Waals surface area contributed by atoms with Gasteiger partial charge in [0.25, 0.3) is 5.91 Å². The van der Waals surface area contributed by atoms with Crippen molar-refractivity contribution >= 4 is 29.3 Å². The minimum atomic E-state index is -0.726. The predicted molar refractivity (Wildman–Crippen MR) is 155 cm³/mol. The summed E-state index contributed by atoms with van der Waals surface area (Å²) in [6, 6.07) is 10.9. The van der Waals surface area contributed by atoms with Gasteiger partial charge in [-0.25, -0.2) is 14.1 Å². The van der Waals surface area contributed by atoms with E-state index < -0.39 is 23.8 Å². The number of nitrogens with zero attached hydrogens (tertiary/aromatic N) is 4. The van der Waals surface area contributed by atoms with Crippen LogP contribution in [0.15, 0.2) is 42.5 Å². The zero-order valence-corrected chi connectivity index (χ0v) is 24.5. The Morgan fingerprint density at radius 1 is 1.10 bits per heavy atom. The molecule has 0 radical (unpaired) electrons. The molecule has 3 amide bonds. The van der Waals surface area contributed by atoms with E-state index >= 15 is 0 Å². The number of aryl methyl sites for hydroxylation is 1. The molecule has 0 aliphatic carbocycles. The first-order valence-electron chi connectivity index (χ1n) is 13.9. The zero-order valence-electron chi connectivity index (χ0n) is 23.8. The van der Waals surface area contributed by atoms with Crippen LogP contribution in [0, 0.1) is 18.7 Å². The highest BCUT2D eigenvalue weighted by atomic mass is 35.5. The average molecular weight is 583 g/mol. The van der Waals surface area contributed by atoms with E-state index in [0.29, 0.717) is 30.1 Å². The van der Waals surface area contributed by atoms with Crippen molar-refractivity contribution in [3.8, 4) is 11.4 Å². The minimum Gasteiger partial charge on any atom is -0.345 e. The lowest BCUT2D eigenvalue weighted by molar-refractivity contribution is -0.129. The van der Waals surface area contributed by atoms with Gasteiger partial charge in [0.2, 0.25) is 11.8 Å². The summed E-state index contributed by atoms with van der Waals surface area (Å²) in [5.74, 6) is -0.725. The monoisotopic (exact) mass is 582 g/mol. The lowest BCUT2D eigenvalue weighted by atomic mass is 10.0. The molecule has 0 fully saturated rings. The summed E-state index contributed by atoms with van der Waals surface area (Å²) >= 11 is 6.38. The summed E-state index contributed by atoms with van der Waals surface area (Å²) in [6.45, 7) is 8.05. The first kappa shape index (κ1) is 30.2. The van der Waals surface area contributed by atoms with Crippen molar-refractivity contribution in [2.75, 3.05) is 13.1 Å². The van der Waals surface area contributed by atoms with Crippen LogP contribution >= 0.6 is 11.6 Å². The van der Waals surface area contributed by atoms with E-state index in [1.807, 2.05) is 44.2 Å². The molecular formula is C30H36ClFN6O3. The smallest absolute Gasteiger partial charge is 0.258 e. The van der Waals surface area contributed by atoms with Crippen molar-refractivity contribution in [2.24, 2.45) is 5.92 Å². The van der Waals surface area contributed by atoms with Gasteiger partial charge in [0, 0.05) is 25.1 Å². The number of hydrogen-bond acceptors (Lipinski definition) is 5. The number of benzene rings is 2. The fraction of sp³-hybridized carbons (Fsp3) is 0.433. The highest BCUT2D eigenvalue weighted by Crippen LogP contribution is 2.26. The van der Waals surface area contributed by atoms with E-state index in [1.165, 1.54) is 17.0 Å². The van der Waals surface area contributed by atoms with Gasteiger partial charge in [-0.05, 0) is 44.2 Å². The molecule has 0 saturated carbocycles. The Morgan fingerprint density at radius 2 is 1.83 bits per heavy atom. The molecule has 41 heavy (non-hydrogen) atoms. The van der Waals surface area contributed by atoms with Crippen molar-refractivity contribution < 1.29 is 18.8 Å². The molecule has 9 nitrogen and oxygen atoms in total. The topological polar surface area (TPSA) is 109 Å². The summed E-state index contributed by atoms with van der Waals surface area (Å²) in [5, 5.41) is 10.6. The molecule has 1 aliphatic heterocycles. The van der Waals surface area contributed by atoms with Crippen molar-refractivity contribution in [1.82, 2.24) is 30.3 Å². The lowest BCUT2D eigenvalue weighted by Crippen LogP contribution is -2.48. The number of hydrogen-bond donors (Lipinski definition) is 2. The third-order valence-electron chi connectivity index (χ3n) is 7.04. The molecule has 2 heterocycles. The molecule has 0 unspecified atom stereocenters. The van der Waals surface area contributed by atoms with Gasteiger partial charge in [-0.3, -0.25) is 14.4 Å². The number of carbonyl (C=O) groups excluding carboxylic acids is 3. The summed E-state index contributed by atoms with van der Waals surface area (Å²) in [7, 11) is 0. The van der Waals surface area contributed by atoms with Crippen LogP contribution < -0.4 is 10.6 Å². The molecule has 0 spiro atoms. The molecule has 0 saturated heterocycles. The highest BCUT2D eigenvalue weighted by molar-refractivity contribution is 6.34. The van der Waals surface area contributed by atoms with Gasteiger partial charge < -0.3 is 15.5 Å². The Bertz CT molecular complexity index is 1410. The minimum absolute atomic E-state index is 0.0628. The van der Waals surface area contributed by atoms with Crippen molar-refractivity contribution in [1.29, 1.82) is 0 Å². The number of nitrogens with one attached hydrogen (secondary N) is 2. The SMILES string of the molecule is Cc1ccc(F)c(C(=O)N2CCCC(=O)N[C@H](CC(C)C)C(=O)N[C@H](C)c3nc(-c4ccccc4)nn3CC2)c1Cl. The summed E-state index contributed by atoms with van der Waals surface area (Å²) < 4.78 is 16.5. The Morgan fingerprint density at radius 3 is 2.54 bits per heavy atom. The largest absolute Gasteiger partial charge is 0.345 e. The van der Waals surface area contributed by atoms with Crippen molar-refractivity contribution in [2.45, 2.75) is 65.6 Å². The molecule has 3 aromatic rings. The van der Waals surface area contributed by atoms with Crippen molar-refractivity contribution in [3.63, 3.8) is 0 Å². The van der Waals surface area contributed by atoms with Crippen LogP contribution in [-0.4, -0.2) is 56.5 Å². The molecule has 1 aliphatic rings.